The molecule has 1 aliphatic heterocycles. The van der Waals surface area contributed by atoms with Gasteiger partial charge < -0.3 is 24.8 Å². The van der Waals surface area contributed by atoms with E-state index in [0.29, 0.717) is 6.61 Å². The smallest absolute Gasteiger partial charge is 0.114 e. The summed E-state index contributed by atoms with van der Waals surface area (Å²) in [6.45, 7) is 2.91. The van der Waals surface area contributed by atoms with Crippen LogP contribution in [0.4, 0.5) is 0 Å². The minimum atomic E-state index is -1.03. The Bertz CT molecular complexity index is 269. The fourth-order valence-electron chi connectivity index (χ4n) is 2.19. The van der Waals surface area contributed by atoms with Crippen molar-refractivity contribution in [3.63, 3.8) is 0 Å². The summed E-state index contributed by atoms with van der Waals surface area (Å²) in [5.41, 5.74) is 0. The summed E-state index contributed by atoms with van der Waals surface area (Å²) < 4.78 is 10.5. The highest BCUT2D eigenvalue weighted by Crippen LogP contribution is 2.17. The predicted molar refractivity (Wildman–Crippen MR) is 76.5 cm³/mol. The van der Waals surface area contributed by atoms with Crippen molar-refractivity contribution in [1.29, 1.82) is 0 Å². The summed E-state index contributed by atoms with van der Waals surface area (Å²) >= 11 is 0. The fourth-order valence-corrected chi connectivity index (χ4v) is 2.19. The second-order valence-electron chi connectivity index (χ2n) is 5.23. The molecule has 0 aromatic rings. The van der Waals surface area contributed by atoms with Gasteiger partial charge in [-0.3, -0.25) is 0 Å². The van der Waals surface area contributed by atoms with Gasteiger partial charge in [0.1, 0.15) is 24.4 Å². The largest absolute Gasteiger partial charge is 0.388 e. The number of ether oxygens (including phenoxy) is 2. The minimum absolute atomic E-state index is 0.0637. The molecule has 1 aliphatic rings. The van der Waals surface area contributed by atoms with Crippen LogP contribution in [0.3, 0.4) is 0 Å². The zero-order valence-corrected chi connectivity index (χ0v) is 12.3. The molecule has 5 heteroatoms. The number of hydrogen-bond donors (Lipinski definition) is 3. The fraction of sp³-hybridized carbons (Fsp3) is 0.867. The third-order valence-electron chi connectivity index (χ3n) is 3.42. The molecule has 0 bridgehead atoms. The van der Waals surface area contributed by atoms with Crippen molar-refractivity contribution in [1.82, 2.24) is 0 Å². The van der Waals surface area contributed by atoms with E-state index in [-0.39, 0.29) is 13.2 Å². The number of aliphatic hydroxyl groups is 3. The number of aliphatic hydroxyl groups excluding tert-OH is 3. The highest BCUT2D eigenvalue weighted by molar-refractivity contribution is 4.87. The zero-order chi connectivity index (χ0) is 14.8. The van der Waals surface area contributed by atoms with E-state index in [2.05, 4.69) is 19.1 Å². The van der Waals surface area contributed by atoms with Crippen LogP contribution in [0.5, 0.6) is 0 Å². The van der Waals surface area contributed by atoms with Gasteiger partial charge in [-0.05, 0) is 25.7 Å². The van der Waals surface area contributed by atoms with Crippen LogP contribution in [0.1, 0.15) is 39.0 Å². The molecule has 0 spiro atoms. The van der Waals surface area contributed by atoms with Crippen molar-refractivity contribution in [2.75, 3.05) is 19.8 Å². The molecular weight excluding hydrogens is 260 g/mol. The predicted octanol–water partition coefficient (Wildman–Crippen LogP) is 1.01. The van der Waals surface area contributed by atoms with E-state index in [1.54, 1.807) is 0 Å². The third-order valence-corrected chi connectivity index (χ3v) is 3.42. The Hall–Kier alpha value is -0.460. The van der Waals surface area contributed by atoms with Crippen molar-refractivity contribution in [3.8, 4) is 0 Å². The maximum absolute atomic E-state index is 9.81. The molecule has 118 valence electrons. The Labute approximate surface area is 121 Å². The van der Waals surface area contributed by atoms with E-state index in [0.717, 1.165) is 32.1 Å². The Morgan fingerprint density at radius 2 is 2.05 bits per heavy atom. The van der Waals surface area contributed by atoms with Crippen molar-refractivity contribution >= 4 is 0 Å². The van der Waals surface area contributed by atoms with E-state index in [4.69, 9.17) is 9.47 Å². The standard InChI is InChI=1S/C15H28O5/c1-2-3-4-5-6-7-8-9-19-10-13(17)15-14(18)12(16)11-20-15/h3-4,12-18H,2,5-11H2,1H3/b4-3+/t12-,13+,14+,15+/m1/s1. The zero-order valence-electron chi connectivity index (χ0n) is 12.3. The van der Waals surface area contributed by atoms with Crippen LogP contribution in [0.25, 0.3) is 0 Å². The number of allylic oxidation sites excluding steroid dienone is 2. The summed E-state index contributed by atoms with van der Waals surface area (Å²) in [6.07, 6.45) is 6.21. The van der Waals surface area contributed by atoms with Gasteiger partial charge in [0.05, 0.1) is 13.2 Å². The molecule has 0 aromatic heterocycles. The van der Waals surface area contributed by atoms with Gasteiger partial charge in [-0.1, -0.05) is 25.5 Å². The number of hydrogen-bond acceptors (Lipinski definition) is 5. The molecule has 0 aromatic carbocycles. The van der Waals surface area contributed by atoms with Crippen molar-refractivity contribution in [2.24, 2.45) is 0 Å². The molecule has 0 radical (unpaired) electrons. The Kier molecular flexibility index (Phi) is 9.05. The molecule has 0 unspecified atom stereocenters. The van der Waals surface area contributed by atoms with Crippen LogP contribution >= 0.6 is 0 Å². The first-order chi connectivity index (χ1) is 9.66. The lowest BCUT2D eigenvalue weighted by Gasteiger charge is -2.20. The summed E-state index contributed by atoms with van der Waals surface area (Å²) in [5, 5.41) is 28.7. The molecule has 0 amide bonds. The summed E-state index contributed by atoms with van der Waals surface area (Å²) in [7, 11) is 0. The highest BCUT2D eigenvalue weighted by atomic mass is 16.5. The average molecular weight is 288 g/mol. The van der Waals surface area contributed by atoms with Gasteiger partial charge in [-0.25, -0.2) is 0 Å². The summed E-state index contributed by atoms with van der Waals surface area (Å²) in [6, 6.07) is 0. The Morgan fingerprint density at radius 3 is 2.70 bits per heavy atom. The number of rotatable bonds is 10. The van der Waals surface area contributed by atoms with Gasteiger partial charge in [-0.15, -0.1) is 0 Å². The Morgan fingerprint density at radius 1 is 1.25 bits per heavy atom. The van der Waals surface area contributed by atoms with Crippen LogP contribution in [0, 0.1) is 0 Å². The SMILES string of the molecule is CC/C=C/CCCCCOC[C@H](O)[C@@H]1OC[C@@H](O)[C@@H]1O. The van der Waals surface area contributed by atoms with Crippen molar-refractivity contribution in [2.45, 2.75) is 63.4 Å². The van der Waals surface area contributed by atoms with E-state index >= 15 is 0 Å². The topological polar surface area (TPSA) is 79.2 Å². The molecule has 1 rings (SSSR count). The quantitative estimate of drug-likeness (QED) is 0.413. The summed E-state index contributed by atoms with van der Waals surface area (Å²) in [5.74, 6) is 0. The monoisotopic (exact) mass is 288 g/mol. The van der Waals surface area contributed by atoms with Crippen LogP contribution in [0.2, 0.25) is 0 Å². The molecule has 20 heavy (non-hydrogen) atoms. The molecule has 5 nitrogen and oxygen atoms in total. The first-order valence-electron chi connectivity index (χ1n) is 7.55. The molecule has 4 atom stereocenters. The van der Waals surface area contributed by atoms with Gasteiger partial charge >= 0.3 is 0 Å². The molecule has 0 saturated carbocycles. The van der Waals surface area contributed by atoms with E-state index in [9.17, 15) is 15.3 Å². The molecular formula is C15H28O5. The molecule has 3 N–H and O–H groups in total. The second-order valence-corrected chi connectivity index (χ2v) is 5.23. The number of unbranched alkanes of at least 4 members (excludes halogenated alkanes) is 3. The van der Waals surface area contributed by atoms with Gasteiger partial charge in [0.25, 0.3) is 0 Å². The highest BCUT2D eigenvalue weighted by Gasteiger charge is 2.39. The van der Waals surface area contributed by atoms with Crippen LogP contribution < -0.4 is 0 Å². The van der Waals surface area contributed by atoms with Gasteiger partial charge in [0.2, 0.25) is 0 Å². The van der Waals surface area contributed by atoms with Crippen LogP contribution in [0.15, 0.2) is 12.2 Å². The van der Waals surface area contributed by atoms with Crippen LogP contribution in [-0.2, 0) is 9.47 Å². The minimum Gasteiger partial charge on any atom is -0.388 e. The lowest BCUT2D eigenvalue weighted by Crippen LogP contribution is -2.40. The second kappa shape index (κ2) is 10.3. The maximum Gasteiger partial charge on any atom is 0.114 e. The van der Waals surface area contributed by atoms with Crippen molar-refractivity contribution < 1.29 is 24.8 Å². The van der Waals surface area contributed by atoms with Crippen molar-refractivity contribution in [3.05, 3.63) is 12.2 Å². The van der Waals surface area contributed by atoms with E-state index in [1.165, 1.54) is 0 Å². The first-order valence-corrected chi connectivity index (χ1v) is 7.55. The lowest BCUT2D eigenvalue weighted by atomic mass is 10.1. The maximum atomic E-state index is 9.81. The van der Waals surface area contributed by atoms with Gasteiger partial charge in [0.15, 0.2) is 0 Å². The van der Waals surface area contributed by atoms with Crippen LogP contribution in [-0.4, -0.2) is 59.6 Å². The van der Waals surface area contributed by atoms with E-state index in [1.807, 2.05) is 0 Å². The summed E-state index contributed by atoms with van der Waals surface area (Å²) in [4.78, 5) is 0. The average Bonchev–Trinajstić information content (AvgIpc) is 2.77. The molecule has 1 fully saturated rings. The molecule has 1 heterocycles. The normalized spacial score (nSPS) is 28.3. The third kappa shape index (κ3) is 6.33. The van der Waals surface area contributed by atoms with E-state index < -0.39 is 24.4 Å². The lowest BCUT2D eigenvalue weighted by molar-refractivity contribution is -0.0813. The molecule has 1 saturated heterocycles. The first kappa shape index (κ1) is 17.6. The van der Waals surface area contributed by atoms with Gasteiger partial charge in [-0.2, -0.15) is 0 Å². The molecule has 0 aliphatic carbocycles. The van der Waals surface area contributed by atoms with Gasteiger partial charge in [0, 0.05) is 6.61 Å². The Balaban J connectivity index is 1.97.